The van der Waals surface area contributed by atoms with Gasteiger partial charge in [-0.3, -0.25) is 0 Å². The minimum absolute atomic E-state index is 0.115. The van der Waals surface area contributed by atoms with E-state index in [-0.39, 0.29) is 17.7 Å². The maximum atomic E-state index is 13.8. The van der Waals surface area contributed by atoms with E-state index in [0.717, 1.165) is 49.3 Å². The highest BCUT2D eigenvalue weighted by molar-refractivity contribution is 6.12. The molecule has 8 aromatic rings. The lowest BCUT2D eigenvalue weighted by Crippen LogP contribution is -2.23. The van der Waals surface area contributed by atoms with Gasteiger partial charge in [-0.05, 0) is 71.8 Å². The van der Waals surface area contributed by atoms with E-state index in [1.54, 1.807) is 0 Å². The van der Waals surface area contributed by atoms with Gasteiger partial charge >= 0.3 is 18.5 Å². The molecule has 0 aliphatic heterocycles. The van der Waals surface area contributed by atoms with E-state index in [1.165, 1.54) is 24.3 Å². The molecule has 2 heterocycles. The van der Waals surface area contributed by atoms with E-state index in [1.807, 2.05) is 65.2 Å². The van der Waals surface area contributed by atoms with Crippen molar-refractivity contribution >= 4 is 43.6 Å². The van der Waals surface area contributed by atoms with E-state index in [0.29, 0.717) is 5.69 Å². The lowest BCUT2D eigenvalue weighted by atomic mass is 9.93. The molecular formula is C39H21F9N2. The average Bonchev–Trinajstić information content (AvgIpc) is 3.59. The Morgan fingerprint density at radius 1 is 0.340 bits per heavy atom. The van der Waals surface area contributed by atoms with Crippen LogP contribution in [0.2, 0.25) is 0 Å². The van der Waals surface area contributed by atoms with Crippen LogP contribution in [0.3, 0.4) is 0 Å². The lowest BCUT2D eigenvalue weighted by Gasteiger charge is -2.22. The van der Waals surface area contributed by atoms with E-state index in [9.17, 15) is 39.5 Å². The molecule has 0 atom stereocenters. The van der Waals surface area contributed by atoms with Crippen molar-refractivity contribution < 1.29 is 39.5 Å². The summed E-state index contributed by atoms with van der Waals surface area (Å²) < 4.78 is 128. The molecule has 11 heteroatoms. The van der Waals surface area contributed by atoms with Gasteiger partial charge in [-0.25, -0.2) is 0 Å². The molecule has 0 aliphatic carbocycles. The van der Waals surface area contributed by atoms with Gasteiger partial charge in [-0.15, -0.1) is 0 Å². The number of nitrogens with zero attached hydrogens (tertiary/aromatic N) is 2. The van der Waals surface area contributed by atoms with Crippen molar-refractivity contribution in [1.82, 2.24) is 9.13 Å². The second-order valence-electron chi connectivity index (χ2n) is 11.9. The number of halogens is 9. The Hall–Kier alpha value is -5.71. The summed E-state index contributed by atoms with van der Waals surface area (Å²) in [4.78, 5) is 0. The van der Waals surface area contributed by atoms with Gasteiger partial charge in [0, 0.05) is 32.9 Å². The molecule has 0 spiro atoms. The Morgan fingerprint density at radius 3 is 1.20 bits per heavy atom. The van der Waals surface area contributed by atoms with Gasteiger partial charge in [0.05, 0.1) is 38.8 Å². The van der Waals surface area contributed by atoms with Crippen LogP contribution in [-0.2, 0) is 18.5 Å². The molecule has 8 rings (SSSR count). The zero-order valence-electron chi connectivity index (χ0n) is 25.4. The first-order valence-corrected chi connectivity index (χ1v) is 15.2. The average molecular weight is 689 g/mol. The predicted octanol–water partition coefficient (Wildman–Crippen LogP) is 12.6. The van der Waals surface area contributed by atoms with Gasteiger partial charge in [0.25, 0.3) is 0 Å². The molecule has 6 aromatic carbocycles. The summed E-state index contributed by atoms with van der Waals surface area (Å²) in [5.41, 5.74) is -3.24. The van der Waals surface area contributed by atoms with Gasteiger partial charge in [0.1, 0.15) is 0 Å². The van der Waals surface area contributed by atoms with Gasteiger partial charge in [0.15, 0.2) is 0 Å². The van der Waals surface area contributed by atoms with Crippen LogP contribution >= 0.6 is 0 Å². The van der Waals surface area contributed by atoms with E-state index < -0.39 is 40.8 Å². The molecule has 0 fully saturated rings. The first kappa shape index (κ1) is 31.6. The topological polar surface area (TPSA) is 9.86 Å². The molecule has 0 N–H and O–H groups in total. The SMILES string of the molecule is FC(F)(F)c1cc(-c2ccc(-n3c4ccccc4c4cc(-n5c6ccccc6c6ccccc65)ccc43)cc2)cc(C(F)(F)F)c1C(F)(F)F. The predicted molar refractivity (Wildman–Crippen MR) is 176 cm³/mol. The van der Waals surface area contributed by atoms with Crippen molar-refractivity contribution in [2.75, 3.05) is 0 Å². The van der Waals surface area contributed by atoms with Crippen molar-refractivity contribution in [3.8, 4) is 22.5 Å². The largest absolute Gasteiger partial charge is 0.417 e. The van der Waals surface area contributed by atoms with Crippen LogP contribution in [0.5, 0.6) is 0 Å². The summed E-state index contributed by atoms with van der Waals surface area (Å²) in [6.07, 6.45) is -17.3. The number of alkyl halides is 9. The first-order chi connectivity index (χ1) is 23.7. The molecular weight excluding hydrogens is 667 g/mol. The van der Waals surface area contributed by atoms with Crippen LogP contribution in [0.25, 0.3) is 66.1 Å². The maximum Gasteiger partial charge on any atom is 0.417 e. The summed E-state index contributed by atoms with van der Waals surface area (Å²) in [5.74, 6) is 0. The van der Waals surface area contributed by atoms with Gasteiger partial charge in [-0.2, -0.15) is 39.5 Å². The molecule has 0 radical (unpaired) electrons. The Labute approximate surface area is 277 Å². The number of hydrogen-bond acceptors (Lipinski definition) is 0. The standard InChI is InChI=1S/C39H21F9N2/c40-37(41,42)30-19-23(20-31(38(43,44)45)36(30)39(46,47)48)22-13-15-24(16-14-22)49-34-12-6-3-9-28(34)29-21-25(17-18-35(29)49)50-32-10-4-1-7-26(32)27-8-2-5-11-33(27)50/h1-21H. The molecule has 0 unspecified atom stereocenters. The number of fused-ring (bicyclic) bond motifs is 6. The Balaban J connectivity index is 1.28. The van der Waals surface area contributed by atoms with Crippen LogP contribution in [0.4, 0.5) is 39.5 Å². The summed E-state index contributed by atoms with van der Waals surface area (Å²) in [6.45, 7) is 0. The number of para-hydroxylation sites is 3. The van der Waals surface area contributed by atoms with Crippen LogP contribution in [-0.4, -0.2) is 9.13 Å². The van der Waals surface area contributed by atoms with Crippen LogP contribution in [0.15, 0.2) is 127 Å². The second kappa shape index (κ2) is 10.9. The fourth-order valence-corrected chi connectivity index (χ4v) is 6.94. The fourth-order valence-electron chi connectivity index (χ4n) is 6.94. The van der Waals surface area contributed by atoms with Gasteiger partial charge in [0.2, 0.25) is 0 Å². The molecule has 2 nitrogen and oxygen atoms in total. The van der Waals surface area contributed by atoms with Crippen molar-refractivity contribution in [3.05, 3.63) is 144 Å². The number of hydrogen-bond donors (Lipinski definition) is 0. The number of aromatic nitrogens is 2. The van der Waals surface area contributed by atoms with E-state index in [2.05, 4.69) is 34.9 Å². The smallest absolute Gasteiger partial charge is 0.309 e. The lowest BCUT2D eigenvalue weighted by molar-refractivity contribution is -0.174. The first-order valence-electron chi connectivity index (χ1n) is 15.2. The highest BCUT2D eigenvalue weighted by Gasteiger charge is 2.50. The van der Waals surface area contributed by atoms with Crippen molar-refractivity contribution in [3.63, 3.8) is 0 Å². The van der Waals surface area contributed by atoms with Crippen LogP contribution in [0, 0.1) is 0 Å². The molecule has 0 aliphatic rings. The third-order valence-electron chi connectivity index (χ3n) is 8.99. The second-order valence-corrected chi connectivity index (χ2v) is 11.9. The summed E-state index contributed by atoms with van der Waals surface area (Å²) >= 11 is 0. The van der Waals surface area contributed by atoms with Crippen molar-refractivity contribution in [1.29, 1.82) is 0 Å². The minimum Gasteiger partial charge on any atom is -0.309 e. The third kappa shape index (κ3) is 4.98. The summed E-state index contributed by atoms with van der Waals surface area (Å²) in [6, 6.07) is 35.6. The molecule has 250 valence electrons. The van der Waals surface area contributed by atoms with E-state index in [4.69, 9.17) is 0 Å². The Bertz CT molecular complexity index is 2510. The molecule has 0 saturated heterocycles. The highest BCUT2D eigenvalue weighted by atomic mass is 19.4. The zero-order chi connectivity index (χ0) is 35.2. The molecule has 0 amide bonds. The Kier molecular flexibility index (Phi) is 6.88. The minimum atomic E-state index is -5.89. The molecule has 50 heavy (non-hydrogen) atoms. The highest BCUT2D eigenvalue weighted by Crippen LogP contribution is 2.48. The number of rotatable bonds is 3. The van der Waals surface area contributed by atoms with Gasteiger partial charge in [-0.1, -0.05) is 66.7 Å². The normalized spacial score (nSPS) is 12.9. The van der Waals surface area contributed by atoms with Crippen LogP contribution in [0.1, 0.15) is 16.7 Å². The van der Waals surface area contributed by atoms with Gasteiger partial charge < -0.3 is 9.13 Å². The monoisotopic (exact) mass is 688 g/mol. The summed E-state index contributed by atoms with van der Waals surface area (Å²) in [7, 11) is 0. The maximum absolute atomic E-state index is 13.8. The number of benzene rings is 6. The van der Waals surface area contributed by atoms with Crippen molar-refractivity contribution in [2.45, 2.75) is 18.5 Å². The summed E-state index contributed by atoms with van der Waals surface area (Å²) in [5, 5.41) is 4.00. The van der Waals surface area contributed by atoms with Crippen LogP contribution < -0.4 is 0 Å². The third-order valence-corrected chi connectivity index (χ3v) is 8.99. The quantitative estimate of drug-likeness (QED) is 0.164. The Morgan fingerprint density at radius 2 is 0.740 bits per heavy atom. The fraction of sp³-hybridized carbons (Fsp3) is 0.0769. The van der Waals surface area contributed by atoms with E-state index >= 15 is 0 Å². The molecule has 0 saturated carbocycles. The zero-order valence-corrected chi connectivity index (χ0v) is 25.4. The molecule has 2 aromatic heterocycles. The molecule has 0 bridgehead atoms. The van der Waals surface area contributed by atoms with Crippen molar-refractivity contribution in [2.24, 2.45) is 0 Å².